The van der Waals surface area contributed by atoms with Crippen molar-refractivity contribution in [3.05, 3.63) is 83.0 Å². The topological polar surface area (TPSA) is 136 Å². The first-order chi connectivity index (χ1) is 20.4. The zero-order valence-corrected chi connectivity index (χ0v) is 23.9. The van der Waals surface area contributed by atoms with Gasteiger partial charge in [-0.15, -0.1) is 0 Å². The predicted octanol–water partition coefficient (Wildman–Crippen LogP) is 4.44. The number of hydrogen-bond acceptors (Lipinski definition) is 8. The number of ether oxygens (including phenoxy) is 4. The van der Waals surface area contributed by atoms with Crippen molar-refractivity contribution in [3.8, 4) is 23.0 Å². The van der Waals surface area contributed by atoms with Crippen LogP contribution in [0.25, 0.3) is 10.9 Å². The van der Waals surface area contributed by atoms with Crippen LogP contribution in [-0.4, -0.2) is 57.7 Å². The van der Waals surface area contributed by atoms with E-state index in [-0.39, 0.29) is 11.8 Å². The summed E-state index contributed by atoms with van der Waals surface area (Å²) in [6.07, 6.45) is 4.65. The molecule has 0 saturated heterocycles. The quantitative estimate of drug-likeness (QED) is 0.160. The molecule has 3 aromatic carbocycles. The molecule has 1 aromatic heterocycles. The average Bonchev–Trinajstić information content (AvgIpc) is 3.42. The summed E-state index contributed by atoms with van der Waals surface area (Å²) in [6.45, 7) is 0. The molecular formula is C31H33N5O6. The van der Waals surface area contributed by atoms with Crippen molar-refractivity contribution >= 4 is 35.1 Å². The number of aryl methyl sites for hydroxylation is 1. The number of hydrogen-bond donors (Lipinski definition) is 3. The summed E-state index contributed by atoms with van der Waals surface area (Å²) in [5.41, 5.74) is 8.89. The van der Waals surface area contributed by atoms with Crippen LogP contribution in [0.1, 0.15) is 40.0 Å². The van der Waals surface area contributed by atoms with Crippen LogP contribution in [0.3, 0.4) is 0 Å². The number of benzene rings is 3. The second-order valence-electron chi connectivity index (χ2n) is 9.23. The summed E-state index contributed by atoms with van der Waals surface area (Å²) in [5.74, 6) is 1.98. The van der Waals surface area contributed by atoms with E-state index in [4.69, 9.17) is 18.9 Å². The Balaban J connectivity index is 1.27. The van der Waals surface area contributed by atoms with Gasteiger partial charge in [-0.25, -0.2) is 10.9 Å². The SMILES string of the molecule is COc1cc(C=NNC(=O)CCCc2cc3cc(C(=O)NN=Cc4cc(OC)cc(OC)c4)ccc3[nH]2)cc(OC)c1. The molecule has 4 rings (SSSR count). The first kappa shape index (κ1) is 29.7. The Kier molecular flexibility index (Phi) is 10.1. The van der Waals surface area contributed by atoms with E-state index in [1.54, 1.807) is 77.0 Å². The Morgan fingerprint density at radius 1 is 0.738 bits per heavy atom. The second kappa shape index (κ2) is 14.4. The first-order valence-electron chi connectivity index (χ1n) is 13.1. The molecule has 2 amide bonds. The maximum atomic E-state index is 12.7. The van der Waals surface area contributed by atoms with E-state index in [0.29, 0.717) is 47.8 Å². The third kappa shape index (κ3) is 8.10. The number of H-pyrrole nitrogens is 1. The van der Waals surface area contributed by atoms with Gasteiger partial charge in [-0.2, -0.15) is 10.2 Å². The van der Waals surface area contributed by atoms with Crippen molar-refractivity contribution in [1.29, 1.82) is 0 Å². The van der Waals surface area contributed by atoms with Crippen molar-refractivity contribution in [2.24, 2.45) is 10.2 Å². The van der Waals surface area contributed by atoms with Crippen LogP contribution in [0.4, 0.5) is 0 Å². The van der Waals surface area contributed by atoms with Crippen LogP contribution in [0.2, 0.25) is 0 Å². The van der Waals surface area contributed by atoms with Crippen LogP contribution in [0.5, 0.6) is 23.0 Å². The highest BCUT2D eigenvalue weighted by Crippen LogP contribution is 2.23. The molecule has 0 fully saturated rings. The van der Waals surface area contributed by atoms with Crippen LogP contribution in [-0.2, 0) is 11.2 Å². The third-order valence-corrected chi connectivity index (χ3v) is 6.32. The lowest BCUT2D eigenvalue weighted by atomic mass is 10.1. The molecule has 0 saturated carbocycles. The van der Waals surface area contributed by atoms with Gasteiger partial charge < -0.3 is 23.9 Å². The van der Waals surface area contributed by atoms with Crippen LogP contribution in [0, 0.1) is 0 Å². The second-order valence-corrected chi connectivity index (χ2v) is 9.23. The fourth-order valence-corrected chi connectivity index (χ4v) is 4.18. The molecule has 3 N–H and O–H groups in total. The number of methoxy groups -OCH3 is 4. The Morgan fingerprint density at radius 2 is 1.29 bits per heavy atom. The van der Waals surface area contributed by atoms with E-state index >= 15 is 0 Å². The summed E-state index contributed by atoms with van der Waals surface area (Å²) < 4.78 is 21.0. The number of carbonyl (C=O) groups is 2. The number of fused-ring (bicyclic) bond motifs is 1. The lowest BCUT2D eigenvalue weighted by Crippen LogP contribution is -2.17. The number of rotatable bonds is 13. The normalized spacial score (nSPS) is 11.1. The predicted molar refractivity (Wildman–Crippen MR) is 161 cm³/mol. The van der Waals surface area contributed by atoms with Gasteiger partial charge >= 0.3 is 0 Å². The molecule has 0 unspecified atom stereocenters. The molecule has 0 aliphatic heterocycles. The lowest BCUT2D eigenvalue weighted by Gasteiger charge is -2.05. The van der Waals surface area contributed by atoms with Gasteiger partial charge in [-0.05, 0) is 61.4 Å². The molecule has 11 heteroatoms. The zero-order chi connectivity index (χ0) is 29.9. The summed E-state index contributed by atoms with van der Waals surface area (Å²) in [4.78, 5) is 28.3. The number of amides is 2. The van der Waals surface area contributed by atoms with Gasteiger partial charge in [0.2, 0.25) is 5.91 Å². The van der Waals surface area contributed by atoms with E-state index < -0.39 is 0 Å². The first-order valence-corrected chi connectivity index (χ1v) is 13.1. The van der Waals surface area contributed by atoms with Gasteiger partial charge in [0.05, 0.1) is 40.9 Å². The van der Waals surface area contributed by atoms with Gasteiger partial charge in [0.25, 0.3) is 5.91 Å². The molecule has 0 aliphatic rings. The minimum Gasteiger partial charge on any atom is -0.497 e. The average molecular weight is 572 g/mol. The van der Waals surface area contributed by atoms with Gasteiger partial charge in [-0.1, -0.05) is 0 Å². The number of nitrogens with one attached hydrogen (secondary N) is 3. The Labute approximate surface area is 243 Å². The molecular weight excluding hydrogens is 538 g/mol. The van der Waals surface area contributed by atoms with Crippen LogP contribution < -0.4 is 29.8 Å². The lowest BCUT2D eigenvalue weighted by molar-refractivity contribution is -0.121. The summed E-state index contributed by atoms with van der Waals surface area (Å²) in [7, 11) is 6.27. The summed E-state index contributed by atoms with van der Waals surface area (Å²) in [5, 5.41) is 8.98. The van der Waals surface area contributed by atoms with Gasteiger partial charge in [0.15, 0.2) is 0 Å². The van der Waals surface area contributed by atoms with Crippen molar-refractivity contribution in [3.63, 3.8) is 0 Å². The fraction of sp³-hybridized carbons (Fsp3) is 0.226. The molecule has 1 heterocycles. The maximum Gasteiger partial charge on any atom is 0.271 e. The Hall–Kier alpha value is -5.32. The van der Waals surface area contributed by atoms with E-state index in [1.807, 2.05) is 12.1 Å². The van der Waals surface area contributed by atoms with E-state index in [9.17, 15) is 9.59 Å². The number of aromatic amines is 1. The number of hydrazone groups is 2. The smallest absolute Gasteiger partial charge is 0.271 e. The molecule has 0 bridgehead atoms. The molecule has 218 valence electrons. The monoisotopic (exact) mass is 571 g/mol. The summed E-state index contributed by atoms with van der Waals surface area (Å²) >= 11 is 0. The van der Waals surface area contributed by atoms with Gasteiger partial charge in [0.1, 0.15) is 23.0 Å². The highest BCUT2D eigenvalue weighted by molar-refractivity contribution is 5.98. The number of carbonyl (C=O) groups excluding carboxylic acids is 2. The molecule has 11 nitrogen and oxygen atoms in total. The molecule has 4 aromatic rings. The highest BCUT2D eigenvalue weighted by atomic mass is 16.5. The number of nitrogens with zero attached hydrogens (tertiary/aromatic N) is 2. The molecule has 0 aliphatic carbocycles. The van der Waals surface area contributed by atoms with E-state index in [0.717, 1.165) is 27.7 Å². The standard InChI is InChI=1S/C31H33N5O6/c1-39-25-10-20(11-26(16-25)40-2)18-32-35-30(37)7-5-6-24-15-23-14-22(8-9-29(23)34-24)31(38)36-33-19-21-12-27(41-3)17-28(13-21)42-4/h8-19,34H,5-7H2,1-4H3,(H,35,37)(H,36,38). The van der Waals surface area contributed by atoms with Gasteiger partial charge in [0, 0.05) is 51.8 Å². The minimum atomic E-state index is -0.338. The molecule has 0 spiro atoms. The maximum absolute atomic E-state index is 12.7. The molecule has 42 heavy (non-hydrogen) atoms. The zero-order valence-electron chi connectivity index (χ0n) is 23.9. The number of aromatic nitrogens is 1. The summed E-state index contributed by atoms with van der Waals surface area (Å²) in [6, 6.07) is 18.0. The molecule has 0 radical (unpaired) electrons. The minimum absolute atomic E-state index is 0.191. The highest BCUT2D eigenvalue weighted by Gasteiger charge is 2.09. The fourth-order valence-electron chi connectivity index (χ4n) is 4.18. The Morgan fingerprint density at radius 3 is 1.83 bits per heavy atom. The van der Waals surface area contributed by atoms with E-state index in [2.05, 4.69) is 26.0 Å². The molecule has 0 atom stereocenters. The largest absolute Gasteiger partial charge is 0.497 e. The Bertz CT molecular complexity index is 1570. The van der Waals surface area contributed by atoms with Crippen LogP contribution >= 0.6 is 0 Å². The van der Waals surface area contributed by atoms with Crippen molar-refractivity contribution in [2.75, 3.05) is 28.4 Å². The van der Waals surface area contributed by atoms with Crippen molar-refractivity contribution < 1.29 is 28.5 Å². The van der Waals surface area contributed by atoms with Gasteiger partial charge in [-0.3, -0.25) is 9.59 Å². The van der Waals surface area contributed by atoms with Crippen LogP contribution in [0.15, 0.2) is 70.9 Å². The van der Waals surface area contributed by atoms with E-state index in [1.165, 1.54) is 12.4 Å². The third-order valence-electron chi connectivity index (χ3n) is 6.32. The van der Waals surface area contributed by atoms with Crippen molar-refractivity contribution in [2.45, 2.75) is 19.3 Å². The van der Waals surface area contributed by atoms with Crippen molar-refractivity contribution in [1.82, 2.24) is 15.8 Å².